The molecule has 2 aromatic carbocycles. The molecule has 0 radical (unpaired) electrons. The smallest absolute Gasteiger partial charge is 0.261 e. The highest BCUT2D eigenvalue weighted by Gasteiger charge is 2.36. The summed E-state index contributed by atoms with van der Waals surface area (Å²) in [6.45, 7) is 3.41. The van der Waals surface area contributed by atoms with Gasteiger partial charge in [0.2, 0.25) is 0 Å². The first-order chi connectivity index (χ1) is 11.5. The number of Topliss-reactive ketones (excluding diaryl/α,β-unsaturated/α-hetero) is 1. The molecule has 0 atom stereocenters. The van der Waals surface area contributed by atoms with E-state index in [0.29, 0.717) is 6.07 Å². The van der Waals surface area contributed by atoms with Crippen LogP contribution in [0.4, 0.5) is 8.78 Å². The van der Waals surface area contributed by atoms with Crippen molar-refractivity contribution in [1.29, 1.82) is 0 Å². The summed E-state index contributed by atoms with van der Waals surface area (Å²) in [5.41, 5.74) is 0.0534. The Hall–Kier alpha value is -2.89. The van der Waals surface area contributed by atoms with Crippen LogP contribution >= 0.6 is 0 Å². The van der Waals surface area contributed by atoms with Crippen LogP contribution in [0.2, 0.25) is 0 Å². The maximum absolute atomic E-state index is 13.6. The fourth-order valence-corrected chi connectivity index (χ4v) is 2.33. The average Bonchev–Trinajstić information content (AvgIpc) is 2.82. The van der Waals surface area contributed by atoms with Crippen molar-refractivity contribution < 1.29 is 23.2 Å². The second-order valence-corrected chi connectivity index (χ2v) is 4.79. The molecule has 3 rings (SSSR count). The van der Waals surface area contributed by atoms with Crippen LogP contribution in [0.25, 0.3) is 0 Å². The average molecular weight is 331 g/mol. The number of halogens is 2. The van der Waals surface area contributed by atoms with Crippen molar-refractivity contribution in [2.45, 2.75) is 13.8 Å². The third-order valence-electron chi connectivity index (χ3n) is 3.41. The van der Waals surface area contributed by atoms with Crippen molar-refractivity contribution in [1.82, 2.24) is 4.90 Å². The quantitative estimate of drug-likeness (QED) is 0.639. The molecule has 6 heteroatoms. The van der Waals surface area contributed by atoms with Crippen LogP contribution in [0.5, 0.6) is 0 Å². The van der Waals surface area contributed by atoms with Crippen LogP contribution in [0, 0.1) is 11.6 Å². The lowest BCUT2D eigenvalue weighted by molar-refractivity contribution is 0.0623. The van der Waals surface area contributed by atoms with Gasteiger partial charge in [0.1, 0.15) is 11.6 Å². The molecule has 0 fully saturated rings. The molecular formula is C18H15F2NO3. The van der Waals surface area contributed by atoms with Gasteiger partial charge in [-0.05, 0) is 24.3 Å². The first-order valence-corrected chi connectivity index (χ1v) is 7.42. The number of imide groups is 1. The Kier molecular flexibility index (Phi) is 5.18. The number of amides is 2. The van der Waals surface area contributed by atoms with Gasteiger partial charge in [-0.2, -0.15) is 0 Å². The molecule has 1 heterocycles. The van der Waals surface area contributed by atoms with Crippen molar-refractivity contribution in [3.8, 4) is 0 Å². The van der Waals surface area contributed by atoms with E-state index in [1.807, 2.05) is 13.8 Å². The van der Waals surface area contributed by atoms with E-state index in [2.05, 4.69) is 0 Å². The first-order valence-electron chi connectivity index (χ1n) is 7.42. The first kappa shape index (κ1) is 17.5. The summed E-state index contributed by atoms with van der Waals surface area (Å²) in [5.74, 6) is -3.81. The molecule has 2 aromatic rings. The molecule has 1 aliphatic rings. The molecule has 1 aliphatic heterocycles. The van der Waals surface area contributed by atoms with E-state index in [0.717, 1.165) is 17.0 Å². The summed E-state index contributed by atoms with van der Waals surface area (Å²) in [6, 6.07) is 8.69. The summed E-state index contributed by atoms with van der Waals surface area (Å²) in [4.78, 5) is 37.1. The van der Waals surface area contributed by atoms with Crippen molar-refractivity contribution in [2.24, 2.45) is 0 Å². The maximum atomic E-state index is 13.6. The Morgan fingerprint density at radius 2 is 1.50 bits per heavy atom. The lowest BCUT2D eigenvalue weighted by Gasteiger charge is -2.13. The van der Waals surface area contributed by atoms with Gasteiger partial charge in [0, 0.05) is 6.07 Å². The molecule has 0 aromatic heterocycles. The van der Waals surface area contributed by atoms with E-state index < -0.39 is 35.8 Å². The summed E-state index contributed by atoms with van der Waals surface area (Å²) in [6.07, 6.45) is 0. The molecular weight excluding hydrogens is 316 g/mol. The normalized spacial score (nSPS) is 12.6. The molecule has 0 spiro atoms. The zero-order chi connectivity index (χ0) is 17.9. The monoisotopic (exact) mass is 331 g/mol. The summed E-state index contributed by atoms with van der Waals surface area (Å²) in [7, 11) is 0. The minimum absolute atomic E-state index is 0.208. The molecule has 0 bridgehead atoms. The van der Waals surface area contributed by atoms with Gasteiger partial charge >= 0.3 is 0 Å². The zero-order valence-electron chi connectivity index (χ0n) is 13.2. The molecule has 2 amide bonds. The number of carbonyl (C=O) groups is 3. The van der Waals surface area contributed by atoms with E-state index in [4.69, 9.17) is 0 Å². The van der Waals surface area contributed by atoms with Crippen molar-refractivity contribution in [3.05, 3.63) is 70.8 Å². The van der Waals surface area contributed by atoms with E-state index in [9.17, 15) is 23.2 Å². The van der Waals surface area contributed by atoms with Crippen LogP contribution in [0.1, 0.15) is 44.9 Å². The second kappa shape index (κ2) is 7.12. The third kappa shape index (κ3) is 3.08. The number of carbonyl (C=O) groups excluding carboxylic acids is 3. The number of hydrogen-bond acceptors (Lipinski definition) is 3. The molecule has 0 saturated heterocycles. The standard InChI is InChI=1S/C16H9F2NO3.C2H6/c17-9-5-6-12(13(18)7-9)14(20)8-19-15(21)10-3-1-2-4-11(10)16(19)22;1-2/h1-7H,8H2;1-2H3. The minimum atomic E-state index is -1.03. The van der Waals surface area contributed by atoms with Crippen LogP contribution in [0.3, 0.4) is 0 Å². The Balaban J connectivity index is 0.00000100. The van der Waals surface area contributed by atoms with Gasteiger partial charge in [-0.1, -0.05) is 26.0 Å². The van der Waals surface area contributed by atoms with Gasteiger partial charge in [0.05, 0.1) is 23.2 Å². The topological polar surface area (TPSA) is 54.5 Å². The number of ketones is 1. The Morgan fingerprint density at radius 3 is 2.00 bits per heavy atom. The highest BCUT2D eigenvalue weighted by atomic mass is 19.1. The Labute approximate surface area is 137 Å². The van der Waals surface area contributed by atoms with Crippen molar-refractivity contribution >= 4 is 17.6 Å². The number of hydrogen-bond donors (Lipinski definition) is 0. The molecule has 4 nitrogen and oxygen atoms in total. The van der Waals surface area contributed by atoms with Crippen molar-refractivity contribution in [2.75, 3.05) is 6.54 Å². The van der Waals surface area contributed by atoms with Gasteiger partial charge < -0.3 is 0 Å². The van der Waals surface area contributed by atoms with Gasteiger partial charge in [-0.25, -0.2) is 8.78 Å². The van der Waals surface area contributed by atoms with E-state index in [1.54, 1.807) is 12.1 Å². The number of benzene rings is 2. The minimum Gasteiger partial charge on any atom is -0.292 e. The summed E-state index contributed by atoms with van der Waals surface area (Å²) in [5, 5.41) is 0. The molecule has 0 aliphatic carbocycles. The van der Waals surface area contributed by atoms with E-state index in [1.165, 1.54) is 12.1 Å². The molecule has 124 valence electrons. The third-order valence-corrected chi connectivity index (χ3v) is 3.41. The number of rotatable bonds is 3. The van der Waals surface area contributed by atoms with Gasteiger partial charge in [-0.3, -0.25) is 19.3 Å². The molecule has 0 N–H and O–H groups in total. The van der Waals surface area contributed by atoms with Crippen LogP contribution in [0.15, 0.2) is 42.5 Å². The lowest BCUT2D eigenvalue weighted by Crippen LogP contribution is -2.35. The fourth-order valence-electron chi connectivity index (χ4n) is 2.33. The SMILES string of the molecule is CC.O=C(CN1C(=O)c2ccccc2C1=O)c1ccc(F)cc1F. The Bertz CT molecular complexity index is 783. The number of fused-ring (bicyclic) bond motifs is 1. The predicted molar refractivity (Wildman–Crippen MR) is 83.8 cm³/mol. The Morgan fingerprint density at radius 1 is 0.958 bits per heavy atom. The van der Waals surface area contributed by atoms with Crippen LogP contribution < -0.4 is 0 Å². The van der Waals surface area contributed by atoms with Crippen LogP contribution in [-0.2, 0) is 0 Å². The second-order valence-electron chi connectivity index (χ2n) is 4.79. The number of nitrogens with zero attached hydrogens (tertiary/aromatic N) is 1. The fraction of sp³-hybridized carbons (Fsp3) is 0.167. The largest absolute Gasteiger partial charge is 0.292 e. The molecule has 24 heavy (non-hydrogen) atoms. The molecule has 0 saturated carbocycles. The maximum Gasteiger partial charge on any atom is 0.261 e. The van der Waals surface area contributed by atoms with Gasteiger partial charge in [-0.15, -0.1) is 0 Å². The molecule has 0 unspecified atom stereocenters. The summed E-state index contributed by atoms with van der Waals surface area (Å²) >= 11 is 0. The van der Waals surface area contributed by atoms with E-state index in [-0.39, 0.29) is 16.7 Å². The lowest BCUT2D eigenvalue weighted by atomic mass is 10.1. The predicted octanol–water partition coefficient (Wildman–Crippen LogP) is 3.47. The van der Waals surface area contributed by atoms with E-state index >= 15 is 0 Å². The van der Waals surface area contributed by atoms with Crippen molar-refractivity contribution in [3.63, 3.8) is 0 Å². The zero-order valence-corrected chi connectivity index (χ0v) is 13.2. The van der Waals surface area contributed by atoms with Gasteiger partial charge in [0.15, 0.2) is 5.78 Å². The highest BCUT2D eigenvalue weighted by molar-refractivity contribution is 6.23. The van der Waals surface area contributed by atoms with Crippen LogP contribution in [-0.4, -0.2) is 29.0 Å². The summed E-state index contributed by atoms with van der Waals surface area (Å²) < 4.78 is 26.4. The highest BCUT2D eigenvalue weighted by Crippen LogP contribution is 2.23. The van der Waals surface area contributed by atoms with Gasteiger partial charge in [0.25, 0.3) is 11.8 Å².